The average Bonchev–Trinajstić information content (AvgIpc) is 3.06. The topological polar surface area (TPSA) is 54.7 Å². The van der Waals surface area contributed by atoms with Crippen LogP contribution < -0.4 is 5.73 Å². The van der Waals surface area contributed by atoms with Crippen molar-refractivity contribution in [3.63, 3.8) is 0 Å². The zero-order chi connectivity index (χ0) is 11.0. The van der Waals surface area contributed by atoms with Crippen molar-refractivity contribution in [1.29, 1.82) is 0 Å². The van der Waals surface area contributed by atoms with Gasteiger partial charge >= 0.3 is 0 Å². The standard InChI is InChI=1S/C12H15N3S/c13-9(8-5-6-8)7-16-12-14-10-3-1-2-4-11(10)15-12/h1-4,8-9H,5-7,13H2,(H,14,15). The molecule has 84 valence electrons. The van der Waals surface area contributed by atoms with E-state index >= 15 is 0 Å². The molecule has 3 nitrogen and oxygen atoms in total. The van der Waals surface area contributed by atoms with Crippen molar-refractivity contribution in [2.45, 2.75) is 24.0 Å². The predicted molar refractivity (Wildman–Crippen MR) is 67.5 cm³/mol. The third-order valence-corrected chi connectivity index (χ3v) is 4.03. The number of benzene rings is 1. The number of aromatic amines is 1. The third kappa shape index (κ3) is 2.08. The summed E-state index contributed by atoms with van der Waals surface area (Å²) in [6.07, 6.45) is 2.61. The minimum atomic E-state index is 0.332. The fourth-order valence-electron chi connectivity index (χ4n) is 1.83. The number of rotatable bonds is 4. The molecule has 1 unspecified atom stereocenters. The number of para-hydroxylation sites is 2. The Hall–Kier alpha value is -1.00. The molecule has 2 aromatic rings. The molecular formula is C12H15N3S. The largest absolute Gasteiger partial charge is 0.333 e. The van der Waals surface area contributed by atoms with Crippen LogP contribution in [0.2, 0.25) is 0 Å². The van der Waals surface area contributed by atoms with Gasteiger partial charge in [-0.3, -0.25) is 0 Å². The first kappa shape index (κ1) is 10.2. The van der Waals surface area contributed by atoms with Gasteiger partial charge in [0.2, 0.25) is 0 Å². The molecule has 1 aromatic carbocycles. The summed E-state index contributed by atoms with van der Waals surface area (Å²) in [7, 11) is 0. The van der Waals surface area contributed by atoms with Crippen LogP contribution in [0.3, 0.4) is 0 Å². The van der Waals surface area contributed by atoms with E-state index in [1.807, 2.05) is 24.3 Å². The summed E-state index contributed by atoms with van der Waals surface area (Å²) in [4.78, 5) is 7.82. The molecule has 0 amide bonds. The number of imidazole rings is 1. The molecule has 0 radical (unpaired) electrons. The number of hydrogen-bond acceptors (Lipinski definition) is 3. The smallest absolute Gasteiger partial charge is 0.166 e. The van der Waals surface area contributed by atoms with E-state index in [1.54, 1.807) is 11.8 Å². The van der Waals surface area contributed by atoms with Gasteiger partial charge < -0.3 is 10.7 Å². The number of fused-ring (bicyclic) bond motifs is 1. The number of nitrogens with two attached hydrogens (primary N) is 1. The molecule has 1 saturated carbocycles. The van der Waals surface area contributed by atoms with Crippen LogP contribution in [0.1, 0.15) is 12.8 Å². The molecule has 1 aliphatic carbocycles. The quantitative estimate of drug-likeness (QED) is 0.797. The van der Waals surface area contributed by atoms with E-state index in [0.717, 1.165) is 27.9 Å². The molecule has 3 rings (SSSR count). The summed E-state index contributed by atoms with van der Waals surface area (Å²) in [5.41, 5.74) is 8.19. The van der Waals surface area contributed by atoms with Gasteiger partial charge in [-0.05, 0) is 30.9 Å². The molecule has 16 heavy (non-hydrogen) atoms. The Morgan fingerprint density at radius 1 is 1.44 bits per heavy atom. The highest BCUT2D eigenvalue weighted by molar-refractivity contribution is 7.99. The van der Waals surface area contributed by atoms with Crippen molar-refractivity contribution in [3.8, 4) is 0 Å². The average molecular weight is 233 g/mol. The normalized spacial score (nSPS) is 17.8. The number of hydrogen-bond donors (Lipinski definition) is 2. The van der Waals surface area contributed by atoms with Gasteiger partial charge in [0.05, 0.1) is 11.0 Å². The van der Waals surface area contributed by atoms with Crippen LogP contribution in [0.4, 0.5) is 0 Å². The van der Waals surface area contributed by atoms with Crippen molar-refractivity contribution in [2.24, 2.45) is 11.7 Å². The van der Waals surface area contributed by atoms with Crippen LogP contribution in [0.5, 0.6) is 0 Å². The second-order valence-corrected chi connectivity index (χ2v) is 5.38. The number of thioether (sulfide) groups is 1. The van der Waals surface area contributed by atoms with Crippen molar-refractivity contribution < 1.29 is 0 Å². The highest BCUT2D eigenvalue weighted by atomic mass is 32.2. The van der Waals surface area contributed by atoms with E-state index in [9.17, 15) is 0 Å². The zero-order valence-electron chi connectivity index (χ0n) is 9.02. The molecule has 1 aromatic heterocycles. The Morgan fingerprint density at radius 2 is 2.25 bits per heavy atom. The second-order valence-electron chi connectivity index (χ2n) is 4.37. The SMILES string of the molecule is NC(CSc1nc2ccccc2[nH]1)C1CC1. The molecule has 0 spiro atoms. The summed E-state index contributed by atoms with van der Waals surface area (Å²) in [5.74, 6) is 1.72. The fourth-order valence-corrected chi connectivity index (χ4v) is 2.80. The van der Waals surface area contributed by atoms with Crippen LogP contribution in [-0.4, -0.2) is 21.8 Å². The van der Waals surface area contributed by atoms with E-state index in [2.05, 4.69) is 9.97 Å². The molecular weight excluding hydrogens is 218 g/mol. The Morgan fingerprint density at radius 3 is 3.00 bits per heavy atom. The molecule has 0 bridgehead atoms. The molecule has 1 atom stereocenters. The van der Waals surface area contributed by atoms with Crippen molar-refractivity contribution in [1.82, 2.24) is 9.97 Å². The molecule has 0 saturated heterocycles. The Labute approximate surface area is 98.8 Å². The highest BCUT2D eigenvalue weighted by Crippen LogP contribution is 2.33. The summed E-state index contributed by atoms with van der Waals surface area (Å²) in [5, 5.41) is 0.984. The van der Waals surface area contributed by atoms with Crippen molar-refractivity contribution >= 4 is 22.8 Å². The van der Waals surface area contributed by atoms with Gasteiger partial charge in [0.15, 0.2) is 5.16 Å². The van der Waals surface area contributed by atoms with Crippen LogP contribution in [0.15, 0.2) is 29.4 Å². The van der Waals surface area contributed by atoms with Gasteiger partial charge in [0, 0.05) is 11.8 Å². The molecule has 4 heteroatoms. The Kier molecular flexibility index (Phi) is 2.61. The van der Waals surface area contributed by atoms with Crippen LogP contribution >= 0.6 is 11.8 Å². The van der Waals surface area contributed by atoms with Crippen LogP contribution in [0.25, 0.3) is 11.0 Å². The zero-order valence-corrected chi connectivity index (χ0v) is 9.83. The third-order valence-electron chi connectivity index (χ3n) is 3.01. The first-order chi connectivity index (χ1) is 7.83. The first-order valence-corrected chi connectivity index (χ1v) is 6.64. The number of aromatic nitrogens is 2. The monoisotopic (exact) mass is 233 g/mol. The van der Waals surface area contributed by atoms with Gasteiger partial charge in [-0.15, -0.1) is 0 Å². The lowest BCUT2D eigenvalue weighted by molar-refractivity contribution is 0.658. The van der Waals surface area contributed by atoms with Crippen LogP contribution in [0, 0.1) is 5.92 Å². The summed E-state index contributed by atoms with van der Waals surface area (Å²) in [6.45, 7) is 0. The first-order valence-electron chi connectivity index (χ1n) is 5.66. The fraction of sp³-hybridized carbons (Fsp3) is 0.417. The molecule has 3 N–H and O–H groups in total. The van der Waals surface area contributed by atoms with Crippen molar-refractivity contribution in [2.75, 3.05) is 5.75 Å². The maximum Gasteiger partial charge on any atom is 0.166 e. The van der Waals surface area contributed by atoms with E-state index in [4.69, 9.17) is 5.73 Å². The molecule has 0 aliphatic heterocycles. The lowest BCUT2D eigenvalue weighted by Gasteiger charge is -2.07. The molecule has 1 fully saturated rings. The molecule has 1 heterocycles. The van der Waals surface area contributed by atoms with E-state index < -0.39 is 0 Å². The summed E-state index contributed by atoms with van der Waals surface area (Å²) in [6, 6.07) is 8.43. The van der Waals surface area contributed by atoms with Gasteiger partial charge in [-0.1, -0.05) is 23.9 Å². The van der Waals surface area contributed by atoms with Crippen molar-refractivity contribution in [3.05, 3.63) is 24.3 Å². The van der Waals surface area contributed by atoms with Gasteiger partial charge in [0.1, 0.15) is 0 Å². The number of nitrogens with one attached hydrogen (secondary N) is 1. The minimum absolute atomic E-state index is 0.332. The summed E-state index contributed by atoms with van der Waals surface area (Å²) >= 11 is 1.73. The Balaban J connectivity index is 1.69. The predicted octanol–water partition coefficient (Wildman–Crippen LogP) is 2.39. The molecule has 1 aliphatic rings. The minimum Gasteiger partial charge on any atom is -0.333 e. The lowest BCUT2D eigenvalue weighted by Crippen LogP contribution is -2.25. The van der Waals surface area contributed by atoms with Gasteiger partial charge in [0.25, 0.3) is 0 Å². The van der Waals surface area contributed by atoms with Gasteiger partial charge in [-0.25, -0.2) is 4.98 Å². The second kappa shape index (κ2) is 4.11. The van der Waals surface area contributed by atoms with Crippen LogP contribution in [-0.2, 0) is 0 Å². The Bertz CT molecular complexity index is 457. The maximum absolute atomic E-state index is 6.06. The van der Waals surface area contributed by atoms with E-state index in [-0.39, 0.29) is 0 Å². The van der Waals surface area contributed by atoms with Gasteiger partial charge in [-0.2, -0.15) is 0 Å². The summed E-state index contributed by atoms with van der Waals surface area (Å²) < 4.78 is 0. The van der Waals surface area contributed by atoms with E-state index in [0.29, 0.717) is 6.04 Å². The maximum atomic E-state index is 6.06. The van der Waals surface area contributed by atoms with E-state index in [1.165, 1.54) is 12.8 Å². The number of nitrogens with zero attached hydrogens (tertiary/aromatic N) is 1. The number of H-pyrrole nitrogens is 1. The highest BCUT2D eigenvalue weighted by Gasteiger charge is 2.28. The lowest BCUT2D eigenvalue weighted by atomic mass is 10.2.